The third-order valence-electron chi connectivity index (χ3n) is 3.16. The maximum atomic E-state index is 12.3. The smallest absolute Gasteiger partial charge is 0.269 e. The number of aromatic carboxylic acids is 1. The van der Waals surface area contributed by atoms with E-state index >= 15 is 0 Å². The summed E-state index contributed by atoms with van der Waals surface area (Å²) in [6, 6.07) is 8.42. The molecule has 0 heterocycles. The van der Waals surface area contributed by atoms with Gasteiger partial charge in [-0.2, -0.15) is 0 Å². The first-order valence-corrected chi connectivity index (χ1v) is 7.79. The van der Waals surface area contributed by atoms with Crippen LogP contribution in [0.3, 0.4) is 0 Å². The Morgan fingerprint density at radius 2 is 1.74 bits per heavy atom. The molecule has 0 saturated heterocycles. The Morgan fingerprint density at radius 1 is 1.13 bits per heavy atom. The summed E-state index contributed by atoms with van der Waals surface area (Å²) in [5.74, 6) is -1.42. The van der Waals surface area contributed by atoms with Crippen molar-refractivity contribution in [3.63, 3.8) is 0 Å². The van der Waals surface area contributed by atoms with Crippen molar-refractivity contribution >= 4 is 27.4 Å². The molecule has 0 unspecified atom stereocenters. The maximum absolute atomic E-state index is 12.3. The summed E-state index contributed by atoms with van der Waals surface area (Å²) >= 11 is 0. The van der Waals surface area contributed by atoms with E-state index in [4.69, 9.17) is 0 Å². The molecule has 0 fully saturated rings. The summed E-state index contributed by atoms with van der Waals surface area (Å²) in [5.41, 5.74) is -0.0731. The van der Waals surface area contributed by atoms with Gasteiger partial charge < -0.3 is 9.90 Å². The van der Waals surface area contributed by atoms with Crippen LogP contribution in [0.15, 0.2) is 47.4 Å². The molecular weight excluding hydrogens is 324 g/mol. The summed E-state index contributed by atoms with van der Waals surface area (Å²) in [5, 5.41) is 21.5. The standard InChI is InChI=1S/C14H12N2O6S/c1-9-12(14(17)18)3-2-4-13(9)15-23(21,22)11-7-5-10(6-8-11)16(19)20/h2-8,15H,1H3,(H,17,18)/p-1. The number of nitrogens with one attached hydrogen (secondary N) is 1. The number of hydrogen-bond donors (Lipinski definition) is 1. The summed E-state index contributed by atoms with van der Waals surface area (Å²) < 4.78 is 26.8. The van der Waals surface area contributed by atoms with Crippen LogP contribution in [-0.2, 0) is 10.0 Å². The molecule has 0 amide bonds. The van der Waals surface area contributed by atoms with E-state index in [0.717, 1.165) is 24.3 Å². The predicted octanol–water partition coefficient (Wildman–Crippen LogP) is 1.07. The first-order valence-electron chi connectivity index (χ1n) is 6.30. The van der Waals surface area contributed by atoms with Crippen LogP contribution in [0.5, 0.6) is 0 Å². The second-order valence-corrected chi connectivity index (χ2v) is 6.30. The Balaban J connectivity index is 2.37. The molecule has 1 N–H and O–H groups in total. The van der Waals surface area contributed by atoms with Gasteiger partial charge in [0.05, 0.1) is 21.5 Å². The fraction of sp³-hybridized carbons (Fsp3) is 0.0714. The first kappa shape index (κ1) is 16.4. The second-order valence-electron chi connectivity index (χ2n) is 4.62. The third kappa shape index (κ3) is 3.46. The monoisotopic (exact) mass is 335 g/mol. The van der Waals surface area contributed by atoms with Gasteiger partial charge in [-0.05, 0) is 30.7 Å². The number of nitrogens with zero attached hydrogens (tertiary/aromatic N) is 1. The van der Waals surface area contributed by atoms with Gasteiger partial charge in [-0.1, -0.05) is 12.1 Å². The van der Waals surface area contributed by atoms with Gasteiger partial charge in [0.1, 0.15) is 0 Å². The summed E-state index contributed by atoms with van der Waals surface area (Å²) in [6.07, 6.45) is 0. The number of rotatable bonds is 5. The molecule has 0 bridgehead atoms. The number of anilines is 1. The highest BCUT2D eigenvalue weighted by Crippen LogP contribution is 2.23. The van der Waals surface area contributed by atoms with Crippen LogP contribution in [0.2, 0.25) is 0 Å². The van der Waals surface area contributed by atoms with Crippen LogP contribution in [0, 0.1) is 17.0 Å². The van der Waals surface area contributed by atoms with Gasteiger partial charge in [0.25, 0.3) is 15.7 Å². The normalized spacial score (nSPS) is 11.0. The number of carbonyl (C=O) groups is 1. The summed E-state index contributed by atoms with van der Waals surface area (Å²) in [6.45, 7) is 1.44. The van der Waals surface area contributed by atoms with Gasteiger partial charge in [-0.15, -0.1) is 0 Å². The van der Waals surface area contributed by atoms with Crippen LogP contribution in [0.4, 0.5) is 11.4 Å². The van der Waals surface area contributed by atoms with E-state index < -0.39 is 20.9 Å². The van der Waals surface area contributed by atoms with Crippen molar-refractivity contribution in [2.75, 3.05) is 4.72 Å². The van der Waals surface area contributed by atoms with Crippen molar-refractivity contribution < 1.29 is 23.2 Å². The average molecular weight is 335 g/mol. The number of sulfonamides is 1. The highest BCUT2D eigenvalue weighted by molar-refractivity contribution is 7.92. The number of carbonyl (C=O) groups excluding carboxylic acids is 1. The van der Waals surface area contributed by atoms with E-state index in [9.17, 15) is 28.4 Å². The summed E-state index contributed by atoms with van der Waals surface area (Å²) in [4.78, 5) is 20.7. The van der Waals surface area contributed by atoms with Crippen LogP contribution >= 0.6 is 0 Å². The number of nitro benzene ring substituents is 1. The quantitative estimate of drug-likeness (QED) is 0.642. The van der Waals surface area contributed by atoms with Crippen LogP contribution in [-0.4, -0.2) is 19.3 Å². The van der Waals surface area contributed by atoms with Crippen molar-refractivity contribution in [2.24, 2.45) is 0 Å². The van der Waals surface area contributed by atoms with Crippen LogP contribution in [0.25, 0.3) is 0 Å². The molecular formula is C14H11N2O6S-. The molecule has 0 saturated carbocycles. The van der Waals surface area contributed by atoms with Crippen molar-refractivity contribution in [1.29, 1.82) is 0 Å². The molecule has 0 radical (unpaired) electrons. The molecule has 0 spiro atoms. The zero-order valence-electron chi connectivity index (χ0n) is 11.8. The Labute approximate surface area is 131 Å². The topological polar surface area (TPSA) is 129 Å². The van der Waals surface area contributed by atoms with Crippen molar-refractivity contribution in [1.82, 2.24) is 0 Å². The largest absolute Gasteiger partial charge is 0.545 e. The van der Waals surface area contributed by atoms with Gasteiger partial charge >= 0.3 is 0 Å². The van der Waals surface area contributed by atoms with E-state index in [-0.39, 0.29) is 27.4 Å². The molecule has 2 rings (SSSR count). The minimum Gasteiger partial charge on any atom is -0.545 e. The molecule has 2 aromatic rings. The predicted molar refractivity (Wildman–Crippen MR) is 79.4 cm³/mol. The van der Waals surface area contributed by atoms with Crippen molar-refractivity contribution in [2.45, 2.75) is 11.8 Å². The highest BCUT2D eigenvalue weighted by atomic mass is 32.2. The van der Waals surface area contributed by atoms with E-state index in [1.165, 1.54) is 25.1 Å². The number of carboxylic acids is 1. The highest BCUT2D eigenvalue weighted by Gasteiger charge is 2.17. The zero-order valence-corrected chi connectivity index (χ0v) is 12.7. The molecule has 9 heteroatoms. The first-order chi connectivity index (χ1) is 10.7. The summed E-state index contributed by atoms with van der Waals surface area (Å²) in [7, 11) is -4.01. The maximum Gasteiger partial charge on any atom is 0.269 e. The van der Waals surface area contributed by atoms with E-state index in [1.807, 2.05) is 0 Å². The van der Waals surface area contributed by atoms with Crippen LogP contribution in [0.1, 0.15) is 15.9 Å². The van der Waals surface area contributed by atoms with Gasteiger partial charge in [0, 0.05) is 17.7 Å². The molecule has 0 atom stereocenters. The van der Waals surface area contributed by atoms with Crippen molar-refractivity contribution in [3.8, 4) is 0 Å². The van der Waals surface area contributed by atoms with Gasteiger partial charge in [-0.25, -0.2) is 8.42 Å². The number of non-ortho nitro benzene ring substituents is 1. The lowest BCUT2D eigenvalue weighted by Gasteiger charge is -2.14. The van der Waals surface area contributed by atoms with Gasteiger partial charge in [-0.3, -0.25) is 14.8 Å². The zero-order chi connectivity index (χ0) is 17.2. The molecule has 8 nitrogen and oxygen atoms in total. The average Bonchev–Trinajstić information content (AvgIpc) is 2.49. The molecule has 2 aromatic carbocycles. The molecule has 0 aromatic heterocycles. The Morgan fingerprint density at radius 3 is 2.26 bits per heavy atom. The van der Waals surface area contributed by atoms with E-state index in [1.54, 1.807) is 0 Å². The van der Waals surface area contributed by atoms with Gasteiger partial charge in [0.15, 0.2) is 0 Å². The lowest BCUT2D eigenvalue weighted by atomic mass is 10.1. The second kappa shape index (κ2) is 6.05. The number of carboxylic acid groups (broad SMARTS) is 1. The Hall–Kier alpha value is -2.94. The van der Waals surface area contributed by atoms with Gasteiger partial charge in [0.2, 0.25) is 0 Å². The Kier molecular flexibility index (Phi) is 4.32. The lowest BCUT2D eigenvalue weighted by Crippen LogP contribution is -2.24. The van der Waals surface area contributed by atoms with E-state index in [2.05, 4.69) is 4.72 Å². The lowest BCUT2D eigenvalue weighted by molar-refractivity contribution is -0.384. The van der Waals surface area contributed by atoms with E-state index in [0.29, 0.717) is 0 Å². The number of hydrogen-bond acceptors (Lipinski definition) is 6. The number of benzene rings is 2. The fourth-order valence-electron chi connectivity index (χ4n) is 1.92. The molecule has 120 valence electrons. The molecule has 23 heavy (non-hydrogen) atoms. The molecule has 0 aliphatic carbocycles. The molecule has 0 aliphatic rings. The molecule has 0 aliphatic heterocycles. The third-order valence-corrected chi connectivity index (χ3v) is 4.54. The fourth-order valence-corrected chi connectivity index (χ4v) is 3.04. The van der Waals surface area contributed by atoms with Crippen LogP contribution < -0.4 is 9.83 Å². The van der Waals surface area contributed by atoms with Crippen molar-refractivity contribution in [3.05, 3.63) is 63.7 Å². The number of nitro groups is 1. The minimum absolute atomic E-state index is 0.0880. The SMILES string of the molecule is Cc1c(NS(=O)(=O)c2ccc([N+](=O)[O-])cc2)cccc1C(=O)[O-]. The Bertz CT molecular complexity index is 875. The minimum atomic E-state index is -4.01.